The third-order valence-electron chi connectivity index (χ3n) is 3.05. The van der Waals surface area contributed by atoms with Crippen LogP contribution in [0.3, 0.4) is 0 Å². The molecule has 0 aromatic heterocycles. The molecule has 6 heteroatoms. The summed E-state index contributed by atoms with van der Waals surface area (Å²) in [6.45, 7) is 0. The first-order chi connectivity index (χ1) is 10.6. The summed E-state index contributed by atoms with van der Waals surface area (Å²) in [7, 11) is 0. The molecule has 0 unspecified atom stereocenters. The second kappa shape index (κ2) is 6.16. The molecule has 22 heavy (non-hydrogen) atoms. The molecule has 3 nitrogen and oxygen atoms in total. The minimum atomic E-state index is -0.340. The second-order valence-electron chi connectivity index (χ2n) is 4.53. The van der Waals surface area contributed by atoms with Gasteiger partial charge in [0.25, 0.3) is 11.1 Å². The van der Waals surface area contributed by atoms with E-state index in [9.17, 15) is 9.59 Å². The molecular weight excluding hydrogens is 341 g/mol. The van der Waals surface area contributed by atoms with E-state index in [1.807, 2.05) is 6.07 Å². The summed E-state index contributed by atoms with van der Waals surface area (Å²) >= 11 is 12.7. The van der Waals surface area contributed by atoms with Crippen molar-refractivity contribution >= 4 is 57.9 Å². The van der Waals surface area contributed by atoms with Gasteiger partial charge in [0, 0.05) is 0 Å². The first-order valence-corrected chi connectivity index (χ1v) is 7.91. The lowest BCUT2D eigenvalue weighted by atomic mass is 10.2. The summed E-state index contributed by atoms with van der Waals surface area (Å²) in [4.78, 5) is 26.0. The van der Waals surface area contributed by atoms with Crippen molar-refractivity contribution in [2.45, 2.75) is 0 Å². The Hall–Kier alpha value is -1.75. The maximum Gasteiger partial charge on any atom is 0.298 e. The van der Waals surface area contributed by atoms with E-state index in [1.165, 1.54) is 0 Å². The van der Waals surface area contributed by atoms with Gasteiger partial charge in [-0.25, -0.2) is 4.90 Å². The van der Waals surface area contributed by atoms with Crippen molar-refractivity contribution in [3.8, 4) is 0 Å². The van der Waals surface area contributed by atoms with Crippen molar-refractivity contribution in [1.29, 1.82) is 0 Å². The molecule has 1 heterocycles. The molecule has 1 aliphatic heterocycles. The molecule has 0 aliphatic carbocycles. The summed E-state index contributed by atoms with van der Waals surface area (Å²) in [6.07, 6.45) is 1.63. The molecule has 1 saturated heterocycles. The number of imide groups is 1. The number of carbonyl (C=O) groups is 2. The zero-order chi connectivity index (χ0) is 15.7. The standard InChI is InChI=1S/C16H9Cl2NO2S/c17-12-7-6-10(8-13(12)18)9-14-15(20)19(16(21)22-14)11-4-2-1-3-5-11/h1-9H/b14-9+. The van der Waals surface area contributed by atoms with E-state index >= 15 is 0 Å². The van der Waals surface area contributed by atoms with Crippen LogP contribution in [0.15, 0.2) is 53.4 Å². The van der Waals surface area contributed by atoms with Gasteiger partial charge in [-0.1, -0.05) is 47.5 Å². The first-order valence-electron chi connectivity index (χ1n) is 6.34. The number of anilines is 1. The van der Waals surface area contributed by atoms with Crippen LogP contribution in [0.5, 0.6) is 0 Å². The lowest BCUT2D eigenvalue weighted by molar-refractivity contribution is -0.113. The molecule has 2 amide bonds. The Labute approximate surface area is 141 Å². The third kappa shape index (κ3) is 2.90. The highest BCUT2D eigenvalue weighted by Crippen LogP contribution is 2.36. The van der Waals surface area contributed by atoms with Crippen molar-refractivity contribution in [2.24, 2.45) is 0 Å². The average molecular weight is 350 g/mol. The molecular formula is C16H9Cl2NO2S. The highest BCUT2D eigenvalue weighted by atomic mass is 35.5. The zero-order valence-electron chi connectivity index (χ0n) is 11.1. The van der Waals surface area contributed by atoms with Crippen molar-refractivity contribution in [3.05, 3.63) is 69.0 Å². The molecule has 3 rings (SSSR count). The van der Waals surface area contributed by atoms with Gasteiger partial charge >= 0.3 is 0 Å². The number of hydrogen-bond acceptors (Lipinski definition) is 3. The van der Waals surface area contributed by atoms with Gasteiger partial charge in [-0.2, -0.15) is 0 Å². The number of nitrogens with zero attached hydrogens (tertiary/aromatic N) is 1. The highest BCUT2D eigenvalue weighted by Gasteiger charge is 2.36. The predicted molar refractivity (Wildman–Crippen MR) is 91.4 cm³/mol. The molecule has 2 aromatic carbocycles. The topological polar surface area (TPSA) is 37.4 Å². The maximum atomic E-state index is 12.4. The number of para-hydroxylation sites is 1. The predicted octanol–water partition coefficient (Wildman–Crippen LogP) is 5.23. The number of benzene rings is 2. The van der Waals surface area contributed by atoms with E-state index in [-0.39, 0.29) is 11.1 Å². The fourth-order valence-electron chi connectivity index (χ4n) is 2.02. The Morgan fingerprint density at radius 3 is 2.36 bits per heavy atom. The Morgan fingerprint density at radius 1 is 0.955 bits per heavy atom. The Balaban J connectivity index is 1.93. The van der Waals surface area contributed by atoms with Crippen LogP contribution in [0, 0.1) is 0 Å². The van der Waals surface area contributed by atoms with Crippen molar-refractivity contribution in [3.63, 3.8) is 0 Å². The molecule has 1 fully saturated rings. The smallest absolute Gasteiger partial charge is 0.268 e. The van der Waals surface area contributed by atoms with E-state index < -0.39 is 0 Å². The van der Waals surface area contributed by atoms with Crippen molar-refractivity contribution in [2.75, 3.05) is 4.90 Å². The fourth-order valence-corrected chi connectivity index (χ4v) is 3.17. The summed E-state index contributed by atoms with van der Waals surface area (Å²) in [5.41, 5.74) is 1.27. The van der Waals surface area contributed by atoms with Crippen LogP contribution in [0.25, 0.3) is 6.08 Å². The second-order valence-corrected chi connectivity index (χ2v) is 6.33. The van der Waals surface area contributed by atoms with Gasteiger partial charge in [-0.15, -0.1) is 0 Å². The number of rotatable bonds is 2. The zero-order valence-corrected chi connectivity index (χ0v) is 13.5. The molecule has 0 bridgehead atoms. The van der Waals surface area contributed by atoms with E-state index in [0.29, 0.717) is 26.2 Å². The minimum absolute atomic E-state index is 0.317. The Kier molecular flexibility index (Phi) is 4.25. The third-order valence-corrected chi connectivity index (χ3v) is 4.66. The fraction of sp³-hybridized carbons (Fsp3) is 0. The van der Waals surface area contributed by atoms with Crippen molar-refractivity contribution in [1.82, 2.24) is 0 Å². The minimum Gasteiger partial charge on any atom is -0.268 e. The molecule has 110 valence electrons. The molecule has 0 radical (unpaired) electrons. The lowest BCUT2D eigenvalue weighted by Gasteiger charge is -2.11. The number of amides is 2. The maximum absolute atomic E-state index is 12.4. The summed E-state index contributed by atoms with van der Waals surface area (Å²) in [5, 5.41) is 0.524. The SMILES string of the molecule is O=C1S/C(=C/c2ccc(Cl)c(Cl)c2)C(=O)N1c1ccccc1. The summed E-state index contributed by atoms with van der Waals surface area (Å²) in [6, 6.07) is 13.9. The van der Waals surface area contributed by atoms with Crippen LogP contribution in [0.1, 0.15) is 5.56 Å². The quantitative estimate of drug-likeness (QED) is 0.696. The molecule has 0 atom stereocenters. The van der Waals surface area contributed by atoms with Gasteiger partial charge in [-0.3, -0.25) is 9.59 Å². The molecule has 0 spiro atoms. The van der Waals surface area contributed by atoms with Crippen LogP contribution < -0.4 is 4.90 Å². The first kappa shape index (κ1) is 15.2. The molecule has 0 saturated carbocycles. The van der Waals surface area contributed by atoms with Crippen molar-refractivity contribution < 1.29 is 9.59 Å². The van der Waals surface area contributed by atoms with Gasteiger partial charge < -0.3 is 0 Å². The van der Waals surface area contributed by atoms with Crippen LogP contribution in [-0.4, -0.2) is 11.1 Å². The van der Waals surface area contributed by atoms with Crippen LogP contribution in [-0.2, 0) is 4.79 Å². The van der Waals surface area contributed by atoms with Crippen LogP contribution in [0.4, 0.5) is 10.5 Å². The monoisotopic (exact) mass is 349 g/mol. The molecule has 1 aliphatic rings. The van der Waals surface area contributed by atoms with E-state index in [0.717, 1.165) is 16.7 Å². The van der Waals surface area contributed by atoms with Gasteiger partial charge in [0.15, 0.2) is 0 Å². The highest BCUT2D eigenvalue weighted by molar-refractivity contribution is 8.19. The van der Waals surface area contributed by atoms with Gasteiger partial charge in [0.05, 0.1) is 20.6 Å². The van der Waals surface area contributed by atoms with E-state index in [2.05, 4.69) is 0 Å². The van der Waals surface area contributed by atoms with Crippen LogP contribution in [0.2, 0.25) is 10.0 Å². The Morgan fingerprint density at radius 2 is 1.68 bits per heavy atom. The van der Waals surface area contributed by atoms with Gasteiger partial charge in [0.2, 0.25) is 0 Å². The Bertz CT molecular complexity index is 790. The van der Waals surface area contributed by atoms with Crippen LogP contribution >= 0.6 is 35.0 Å². The lowest BCUT2D eigenvalue weighted by Crippen LogP contribution is -2.27. The number of hydrogen-bond donors (Lipinski definition) is 0. The average Bonchev–Trinajstić information content (AvgIpc) is 2.78. The number of thioether (sulfide) groups is 1. The van der Waals surface area contributed by atoms with Gasteiger partial charge in [0.1, 0.15) is 0 Å². The summed E-state index contributed by atoms with van der Waals surface area (Å²) < 4.78 is 0. The number of carbonyl (C=O) groups excluding carboxylic acids is 2. The van der Waals surface area contributed by atoms with E-state index in [1.54, 1.807) is 48.5 Å². The molecule has 2 aromatic rings. The largest absolute Gasteiger partial charge is 0.298 e. The van der Waals surface area contributed by atoms with E-state index in [4.69, 9.17) is 23.2 Å². The normalized spacial score (nSPS) is 16.6. The number of halogens is 2. The molecule has 0 N–H and O–H groups in total. The summed E-state index contributed by atoms with van der Waals surface area (Å²) in [5.74, 6) is -0.340. The van der Waals surface area contributed by atoms with Gasteiger partial charge in [-0.05, 0) is 47.7 Å².